The predicted octanol–water partition coefficient (Wildman–Crippen LogP) is 3.32. The van der Waals surface area contributed by atoms with Gasteiger partial charge < -0.3 is 14.8 Å². The van der Waals surface area contributed by atoms with Crippen LogP contribution in [0.4, 0.5) is 10.1 Å². The van der Waals surface area contributed by atoms with Crippen LogP contribution in [0.2, 0.25) is 0 Å². The number of hydrogen-bond acceptors (Lipinski definition) is 6. The normalized spacial score (nSPS) is 25.4. The first-order chi connectivity index (χ1) is 16.4. The highest BCUT2D eigenvalue weighted by Gasteiger charge is 2.42. The number of anilines is 1. The lowest BCUT2D eigenvalue weighted by molar-refractivity contribution is 0.395. The molecular weight excluding hydrogens is 453 g/mol. The molecule has 3 atom stereocenters. The number of nitrogens with zero attached hydrogens (tertiary/aromatic N) is 4. The van der Waals surface area contributed by atoms with Gasteiger partial charge in [0.15, 0.2) is 9.84 Å². The van der Waals surface area contributed by atoms with E-state index in [0.29, 0.717) is 18.2 Å². The van der Waals surface area contributed by atoms with Gasteiger partial charge in [-0.25, -0.2) is 12.8 Å². The molecule has 2 unspecified atom stereocenters. The molecule has 2 saturated heterocycles. The standard InChI is InChI=1S/C25H30FN5O2S/c1-18-24(34(32,33)25(15-27-18)19-5-3-2-4-6-19)13-20-7-8-22(14-23(20)26)30-11-9-21(10-12-30)31-16-28-29-17-31/h2-8,14,16-18,21,24-25,27H,9-13,15H2,1H3/t18-,24?,25?/m0/s1. The monoisotopic (exact) mass is 483 g/mol. The number of hydrogen-bond donors (Lipinski definition) is 1. The summed E-state index contributed by atoms with van der Waals surface area (Å²) in [4.78, 5) is 2.18. The molecule has 0 radical (unpaired) electrons. The van der Waals surface area contributed by atoms with Crippen LogP contribution in [0.3, 0.4) is 0 Å². The van der Waals surface area contributed by atoms with Gasteiger partial charge in [-0.15, -0.1) is 10.2 Å². The molecule has 2 aliphatic heterocycles. The van der Waals surface area contributed by atoms with Crippen LogP contribution in [0.5, 0.6) is 0 Å². The highest BCUT2D eigenvalue weighted by atomic mass is 32.2. The minimum absolute atomic E-state index is 0.154. The number of sulfone groups is 1. The van der Waals surface area contributed by atoms with Crippen LogP contribution in [0.15, 0.2) is 61.2 Å². The van der Waals surface area contributed by atoms with Crippen LogP contribution in [0, 0.1) is 5.82 Å². The average Bonchev–Trinajstić information content (AvgIpc) is 3.38. The molecule has 1 aromatic heterocycles. The fourth-order valence-electron chi connectivity index (χ4n) is 5.24. The van der Waals surface area contributed by atoms with Gasteiger partial charge in [0.1, 0.15) is 18.5 Å². The highest BCUT2D eigenvalue weighted by Crippen LogP contribution is 2.33. The Labute approximate surface area is 199 Å². The minimum atomic E-state index is -3.49. The number of aromatic nitrogens is 3. The third-order valence-electron chi connectivity index (χ3n) is 7.32. The second kappa shape index (κ2) is 9.46. The summed E-state index contributed by atoms with van der Waals surface area (Å²) in [5, 5.41) is 9.79. The first kappa shape index (κ1) is 23.0. The molecule has 7 nitrogen and oxygen atoms in total. The molecule has 5 rings (SSSR count). The Balaban J connectivity index is 1.30. The Morgan fingerprint density at radius 1 is 1.06 bits per heavy atom. The summed E-state index contributed by atoms with van der Waals surface area (Å²) in [6.07, 6.45) is 5.51. The van der Waals surface area contributed by atoms with Crippen molar-refractivity contribution in [2.24, 2.45) is 0 Å². The number of nitrogens with one attached hydrogen (secondary N) is 1. The lowest BCUT2D eigenvalue weighted by atomic mass is 10.0. The average molecular weight is 484 g/mol. The van der Waals surface area contributed by atoms with Gasteiger partial charge >= 0.3 is 0 Å². The summed E-state index contributed by atoms with van der Waals surface area (Å²) in [5.74, 6) is -0.345. The van der Waals surface area contributed by atoms with Gasteiger partial charge in [-0.3, -0.25) is 0 Å². The number of rotatable bonds is 5. The van der Waals surface area contributed by atoms with Gasteiger partial charge in [0.05, 0.1) is 10.5 Å². The first-order valence-electron chi connectivity index (χ1n) is 11.8. The quantitative estimate of drug-likeness (QED) is 0.600. The van der Waals surface area contributed by atoms with Gasteiger partial charge in [0.25, 0.3) is 0 Å². The Morgan fingerprint density at radius 2 is 1.76 bits per heavy atom. The molecule has 3 heterocycles. The minimum Gasteiger partial charge on any atom is -0.371 e. The molecule has 180 valence electrons. The zero-order valence-electron chi connectivity index (χ0n) is 19.2. The zero-order chi connectivity index (χ0) is 23.7. The second-order valence-electron chi connectivity index (χ2n) is 9.33. The summed E-state index contributed by atoms with van der Waals surface area (Å²) in [6.45, 7) is 3.88. The van der Waals surface area contributed by atoms with Crippen molar-refractivity contribution in [2.45, 2.75) is 48.8 Å². The van der Waals surface area contributed by atoms with Crippen molar-refractivity contribution in [1.82, 2.24) is 20.1 Å². The molecule has 0 aliphatic carbocycles. The van der Waals surface area contributed by atoms with E-state index in [-0.39, 0.29) is 18.3 Å². The Morgan fingerprint density at radius 3 is 2.44 bits per heavy atom. The van der Waals surface area contributed by atoms with E-state index in [0.717, 1.165) is 37.2 Å². The molecule has 34 heavy (non-hydrogen) atoms. The van der Waals surface area contributed by atoms with Gasteiger partial charge in [0, 0.05) is 37.4 Å². The molecule has 2 fully saturated rings. The maximum absolute atomic E-state index is 15.2. The SMILES string of the molecule is C[C@@H]1NCC(c2ccccc2)S(=O)(=O)C1Cc1ccc(N2CCC(n3cnnc3)CC2)cc1F. The fourth-order valence-corrected chi connectivity index (χ4v) is 7.60. The summed E-state index contributed by atoms with van der Waals surface area (Å²) < 4.78 is 44.2. The largest absolute Gasteiger partial charge is 0.371 e. The van der Waals surface area contributed by atoms with E-state index < -0.39 is 20.3 Å². The van der Waals surface area contributed by atoms with Gasteiger partial charge in [-0.05, 0) is 49.4 Å². The highest BCUT2D eigenvalue weighted by molar-refractivity contribution is 7.92. The second-order valence-corrected chi connectivity index (χ2v) is 11.7. The molecule has 2 aromatic carbocycles. The van der Waals surface area contributed by atoms with Crippen LogP contribution in [-0.4, -0.2) is 54.1 Å². The van der Waals surface area contributed by atoms with Gasteiger partial charge in [-0.1, -0.05) is 36.4 Å². The Hall–Kier alpha value is -2.78. The predicted molar refractivity (Wildman–Crippen MR) is 130 cm³/mol. The maximum Gasteiger partial charge on any atom is 0.163 e. The molecule has 0 amide bonds. The van der Waals surface area contributed by atoms with E-state index in [1.54, 1.807) is 24.8 Å². The summed E-state index contributed by atoms with van der Waals surface area (Å²) in [6, 6.07) is 14.6. The third kappa shape index (κ3) is 4.46. The first-order valence-corrected chi connectivity index (χ1v) is 13.4. The Bertz CT molecular complexity index is 1210. The molecule has 3 aromatic rings. The summed E-state index contributed by atoms with van der Waals surface area (Å²) in [7, 11) is -3.49. The van der Waals surface area contributed by atoms with Gasteiger partial charge in [0.2, 0.25) is 0 Å². The van der Waals surface area contributed by atoms with Gasteiger partial charge in [-0.2, -0.15) is 0 Å². The number of halogens is 1. The zero-order valence-corrected chi connectivity index (χ0v) is 20.0. The van der Waals surface area contributed by atoms with E-state index in [1.165, 1.54) is 0 Å². The van der Waals surface area contributed by atoms with Crippen molar-refractivity contribution in [2.75, 3.05) is 24.5 Å². The smallest absolute Gasteiger partial charge is 0.163 e. The van der Waals surface area contributed by atoms with Crippen LogP contribution in [0.1, 0.15) is 42.2 Å². The molecule has 9 heteroatoms. The molecule has 0 spiro atoms. The number of piperidine rings is 1. The van der Waals surface area contributed by atoms with E-state index in [4.69, 9.17) is 0 Å². The number of benzene rings is 2. The van der Waals surface area contributed by atoms with Crippen LogP contribution >= 0.6 is 0 Å². The molecule has 0 saturated carbocycles. The molecular formula is C25H30FN5O2S. The topological polar surface area (TPSA) is 80.1 Å². The summed E-state index contributed by atoms with van der Waals surface area (Å²) >= 11 is 0. The van der Waals surface area contributed by atoms with Crippen molar-refractivity contribution < 1.29 is 12.8 Å². The van der Waals surface area contributed by atoms with Crippen molar-refractivity contribution in [1.29, 1.82) is 0 Å². The lowest BCUT2D eigenvalue weighted by Gasteiger charge is -2.36. The van der Waals surface area contributed by atoms with Crippen LogP contribution in [0.25, 0.3) is 0 Å². The van der Waals surface area contributed by atoms with E-state index in [2.05, 4.69) is 20.4 Å². The van der Waals surface area contributed by atoms with E-state index in [9.17, 15) is 8.42 Å². The maximum atomic E-state index is 15.2. The summed E-state index contributed by atoms with van der Waals surface area (Å²) in [5.41, 5.74) is 2.06. The lowest BCUT2D eigenvalue weighted by Crippen LogP contribution is -2.53. The molecule has 0 bridgehead atoms. The van der Waals surface area contributed by atoms with Crippen molar-refractivity contribution in [3.05, 3.63) is 78.1 Å². The Kier molecular flexibility index (Phi) is 6.40. The molecule has 2 aliphatic rings. The van der Waals surface area contributed by atoms with Crippen molar-refractivity contribution in [3.8, 4) is 0 Å². The van der Waals surface area contributed by atoms with E-state index in [1.807, 2.05) is 47.9 Å². The fraction of sp³-hybridized carbons (Fsp3) is 0.440. The third-order valence-corrected chi connectivity index (χ3v) is 9.97. The molecule has 1 N–H and O–H groups in total. The van der Waals surface area contributed by atoms with E-state index >= 15 is 4.39 Å². The van der Waals surface area contributed by atoms with Crippen molar-refractivity contribution >= 4 is 15.5 Å². The van der Waals surface area contributed by atoms with Crippen LogP contribution in [-0.2, 0) is 16.3 Å². The van der Waals surface area contributed by atoms with Crippen LogP contribution < -0.4 is 10.2 Å². The van der Waals surface area contributed by atoms with Crippen molar-refractivity contribution in [3.63, 3.8) is 0 Å².